The van der Waals surface area contributed by atoms with Crippen LogP contribution in [0.2, 0.25) is 0 Å². The average Bonchev–Trinajstić information content (AvgIpc) is 3.17. The van der Waals surface area contributed by atoms with Crippen LogP contribution in [-0.4, -0.2) is 78.1 Å². The lowest BCUT2D eigenvalue weighted by Gasteiger charge is -2.35. The van der Waals surface area contributed by atoms with Crippen molar-refractivity contribution in [2.75, 3.05) is 45.8 Å². The van der Waals surface area contributed by atoms with E-state index in [0.29, 0.717) is 54.9 Å². The predicted octanol–water partition coefficient (Wildman–Crippen LogP) is 2.38. The lowest BCUT2D eigenvalue weighted by atomic mass is 10.2. The highest BCUT2D eigenvalue weighted by Gasteiger charge is 2.25. The number of nitrogens with zero attached hydrogens (tertiary/aromatic N) is 3. The van der Waals surface area contributed by atoms with Crippen LogP contribution >= 0.6 is 11.8 Å². The van der Waals surface area contributed by atoms with Crippen molar-refractivity contribution < 1.29 is 18.4 Å². The average molecular weight is 383 g/mol. The molecule has 2 saturated heterocycles. The summed E-state index contributed by atoms with van der Waals surface area (Å²) >= 11 is 0.470. The number of likely N-dealkylation sites (tertiary alicyclic amines) is 1. The SMILES string of the molecule is O=C(CN1CCN(C(=O)c2ccc(SC(F)F)cc2)CC1)N1CCCC1. The molecule has 0 saturated carbocycles. The third kappa shape index (κ3) is 4.94. The Morgan fingerprint density at radius 2 is 1.54 bits per heavy atom. The topological polar surface area (TPSA) is 43.9 Å². The molecule has 1 aromatic rings. The maximum atomic E-state index is 12.5. The number of benzene rings is 1. The van der Waals surface area contributed by atoms with E-state index in [1.165, 1.54) is 0 Å². The van der Waals surface area contributed by atoms with Crippen molar-refractivity contribution in [3.05, 3.63) is 29.8 Å². The van der Waals surface area contributed by atoms with Crippen LogP contribution in [0.4, 0.5) is 8.78 Å². The highest BCUT2D eigenvalue weighted by molar-refractivity contribution is 7.99. The lowest BCUT2D eigenvalue weighted by molar-refractivity contribution is -0.131. The molecule has 1 aromatic carbocycles. The van der Waals surface area contributed by atoms with Crippen molar-refractivity contribution in [1.29, 1.82) is 0 Å². The van der Waals surface area contributed by atoms with Gasteiger partial charge >= 0.3 is 0 Å². The van der Waals surface area contributed by atoms with E-state index in [4.69, 9.17) is 0 Å². The number of piperazine rings is 1. The molecule has 0 aromatic heterocycles. The molecule has 26 heavy (non-hydrogen) atoms. The summed E-state index contributed by atoms with van der Waals surface area (Å²) < 4.78 is 24.7. The molecule has 0 N–H and O–H groups in total. The monoisotopic (exact) mass is 383 g/mol. The third-order valence-corrected chi connectivity index (χ3v) is 5.53. The first kappa shape index (κ1) is 19.1. The molecule has 0 atom stereocenters. The van der Waals surface area contributed by atoms with Gasteiger partial charge in [0.05, 0.1) is 6.54 Å². The minimum atomic E-state index is -2.46. The van der Waals surface area contributed by atoms with Gasteiger partial charge in [0.2, 0.25) is 5.91 Å². The molecule has 0 bridgehead atoms. The van der Waals surface area contributed by atoms with Crippen LogP contribution in [0.3, 0.4) is 0 Å². The molecule has 0 spiro atoms. The van der Waals surface area contributed by atoms with Gasteiger partial charge in [0.1, 0.15) is 0 Å². The Morgan fingerprint density at radius 3 is 2.12 bits per heavy atom. The maximum absolute atomic E-state index is 12.5. The summed E-state index contributed by atoms with van der Waals surface area (Å²) in [5, 5.41) is 0. The lowest BCUT2D eigenvalue weighted by Crippen LogP contribution is -2.51. The van der Waals surface area contributed by atoms with Gasteiger partial charge in [-0.1, -0.05) is 11.8 Å². The molecule has 5 nitrogen and oxygen atoms in total. The van der Waals surface area contributed by atoms with E-state index in [2.05, 4.69) is 4.90 Å². The molecule has 2 aliphatic heterocycles. The molecule has 0 unspecified atom stereocenters. The van der Waals surface area contributed by atoms with Crippen molar-refractivity contribution in [2.45, 2.75) is 23.5 Å². The summed E-state index contributed by atoms with van der Waals surface area (Å²) in [6.07, 6.45) is 2.17. The van der Waals surface area contributed by atoms with Crippen LogP contribution in [0, 0.1) is 0 Å². The zero-order chi connectivity index (χ0) is 18.5. The van der Waals surface area contributed by atoms with Gasteiger partial charge in [0.15, 0.2) is 0 Å². The second kappa shape index (κ2) is 8.81. The maximum Gasteiger partial charge on any atom is 0.288 e. The summed E-state index contributed by atoms with van der Waals surface area (Å²) in [4.78, 5) is 31.0. The molecular weight excluding hydrogens is 360 g/mol. The zero-order valence-electron chi connectivity index (χ0n) is 14.6. The van der Waals surface area contributed by atoms with Crippen LogP contribution in [0.5, 0.6) is 0 Å². The van der Waals surface area contributed by atoms with Crippen LogP contribution in [0.1, 0.15) is 23.2 Å². The summed E-state index contributed by atoms with van der Waals surface area (Å²) in [5.41, 5.74) is 0.505. The number of rotatable bonds is 5. The number of thioether (sulfide) groups is 1. The molecule has 0 aliphatic carbocycles. The molecule has 3 rings (SSSR count). The standard InChI is InChI=1S/C18H23F2N3O2S/c19-18(20)26-15-5-3-14(4-6-15)17(25)23-11-9-21(10-12-23)13-16(24)22-7-1-2-8-22/h3-6,18H,1-2,7-13H2. The van der Waals surface area contributed by atoms with Gasteiger partial charge in [-0.05, 0) is 37.1 Å². The normalized spacial score (nSPS) is 18.6. The van der Waals surface area contributed by atoms with Crippen molar-refractivity contribution in [3.8, 4) is 0 Å². The van der Waals surface area contributed by atoms with E-state index in [1.807, 2.05) is 4.90 Å². The molecule has 142 valence electrons. The Kier molecular flexibility index (Phi) is 6.48. The first-order valence-electron chi connectivity index (χ1n) is 8.87. The molecular formula is C18H23F2N3O2S. The Labute approximate surface area is 156 Å². The van der Waals surface area contributed by atoms with E-state index in [0.717, 1.165) is 25.9 Å². The Morgan fingerprint density at radius 1 is 0.923 bits per heavy atom. The van der Waals surface area contributed by atoms with Crippen molar-refractivity contribution in [1.82, 2.24) is 14.7 Å². The van der Waals surface area contributed by atoms with Gasteiger partial charge in [-0.2, -0.15) is 8.78 Å². The van der Waals surface area contributed by atoms with Gasteiger partial charge in [-0.25, -0.2) is 0 Å². The van der Waals surface area contributed by atoms with Gasteiger partial charge in [-0.3, -0.25) is 14.5 Å². The summed E-state index contributed by atoms with van der Waals surface area (Å²) in [7, 11) is 0. The molecule has 8 heteroatoms. The minimum absolute atomic E-state index is 0.0934. The summed E-state index contributed by atoms with van der Waals surface area (Å²) in [5.74, 6) is -2.38. The van der Waals surface area contributed by atoms with E-state index in [1.54, 1.807) is 29.2 Å². The Hall–Kier alpha value is -1.67. The number of hydrogen-bond acceptors (Lipinski definition) is 4. The molecule has 0 radical (unpaired) electrons. The smallest absolute Gasteiger partial charge is 0.288 e. The second-order valence-electron chi connectivity index (χ2n) is 6.56. The fourth-order valence-corrected chi connectivity index (χ4v) is 3.83. The van der Waals surface area contributed by atoms with E-state index < -0.39 is 5.76 Å². The van der Waals surface area contributed by atoms with Gasteiger partial charge < -0.3 is 9.80 Å². The van der Waals surface area contributed by atoms with E-state index in [9.17, 15) is 18.4 Å². The van der Waals surface area contributed by atoms with Crippen molar-refractivity contribution in [2.24, 2.45) is 0 Å². The molecule has 2 amide bonds. The Bertz CT molecular complexity index is 628. The molecule has 2 heterocycles. The van der Waals surface area contributed by atoms with Crippen molar-refractivity contribution in [3.63, 3.8) is 0 Å². The molecule has 2 fully saturated rings. The van der Waals surface area contributed by atoms with Gasteiger partial charge in [-0.15, -0.1) is 0 Å². The number of carbonyl (C=O) groups excluding carboxylic acids is 2. The highest BCUT2D eigenvalue weighted by Crippen LogP contribution is 2.25. The highest BCUT2D eigenvalue weighted by atomic mass is 32.2. The zero-order valence-corrected chi connectivity index (χ0v) is 15.4. The predicted molar refractivity (Wildman–Crippen MR) is 96.5 cm³/mol. The van der Waals surface area contributed by atoms with Gasteiger partial charge in [0, 0.05) is 49.7 Å². The first-order valence-corrected chi connectivity index (χ1v) is 9.75. The largest absolute Gasteiger partial charge is 0.342 e. The Balaban J connectivity index is 1.47. The number of hydrogen-bond donors (Lipinski definition) is 0. The third-order valence-electron chi connectivity index (χ3n) is 4.80. The van der Waals surface area contributed by atoms with Crippen LogP contribution in [-0.2, 0) is 4.79 Å². The van der Waals surface area contributed by atoms with Crippen LogP contribution in [0.15, 0.2) is 29.2 Å². The quantitative estimate of drug-likeness (QED) is 0.733. The minimum Gasteiger partial charge on any atom is -0.342 e. The van der Waals surface area contributed by atoms with E-state index >= 15 is 0 Å². The molecule has 2 aliphatic rings. The number of carbonyl (C=O) groups is 2. The van der Waals surface area contributed by atoms with E-state index in [-0.39, 0.29) is 11.8 Å². The first-order chi connectivity index (χ1) is 12.5. The number of amides is 2. The number of halogens is 2. The van der Waals surface area contributed by atoms with Gasteiger partial charge in [0.25, 0.3) is 11.7 Å². The fraction of sp³-hybridized carbons (Fsp3) is 0.556. The number of alkyl halides is 2. The van der Waals surface area contributed by atoms with Crippen molar-refractivity contribution >= 4 is 23.6 Å². The van der Waals surface area contributed by atoms with Crippen LogP contribution in [0.25, 0.3) is 0 Å². The fourth-order valence-electron chi connectivity index (χ4n) is 3.33. The summed E-state index contributed by atoms with van der Waals surface area (Å²) in [6, 6.07) is 6.29. The van der Waals surface area contributed by atoms with Crippen LogP contribution < -0.4 is 0 Å². The second-order valence-corrected chi connectivity index (χ2v) is 7.62. The summed E-state index contributed by atoms with van der Waals surface area (Å²) in [6.45, 7) is 4.62.